The monoisotopic (exact) mass is 564 g/mol. The molecule has 1 saturated heterocycles. The molecule has 2 aliphatic heterocycles. The highest BCUT2D eigenvalue weighted by Gasteiger charge is 2.39. The van der Waals surface area contributed by atoms with Crippen LogP contribution >= 0.6 is 15.9 Å². The Morgan fingerprint density at radius 1 is 1.09 bits per heavy atom. The molecule has 1 saturated carbocycles. The van der Waals surface area contributed by atoms with Gasteiger partial charge in [-0.05, 0) is 62.1 Å². The molecule has 7 nitrogen and oxygen atoms in total. The van der Waals surface area contributed by atoms with Crippen LogP contribution in [0.2, 0.25) is 0 Å². The van der Waals surface area contributed by atoms with E-state index < -0.39 is 10.0 Å². The van der Waals surface area contributed by atoms with Crippen LogP contribution in [0.1, 0.15) is 24.8 Å². The van der Waals surface area contributed by atoms with Crippen molar-refractivity contribution in [3.05, 3.63) is 52.3 Å². The largest absolute Gasteiger partial charge is 0.367 e. The SMILES string of the molecule is O=C(C1CC1)N1CCc2cc(Br)cc(S(=O)(=O)NCCCN3CCN(c4ccccc4F)CC3)c21. The minimum Gasteiger partial charge on any atom is -0.367 e. The van der Waals surface area contributed by atoms with E-state index in [4.69, 9.17) is 0 Å². The lowest BCUT2D eigenvalue weighted by Gasteiger charge is -2.36. The number of piperazine rings is 1. The Morgan fingerprint density at radius 3 is 2.54 bits per heavy atom. The first-order valence-electron chi connectivity index (χ1n) is 12.2. The number of sulfonamides is 1. The minimum absolute atomic E-state index is 0.0342. The predicted octanol–water partition coefficient (Wildman–Crippen LogP) is 3.38. The van der Waals surface area contributed by atoms with Crippen molar-refractivity contribution in [2.24, 2.45) is 5.92 Å². The van der Waals surface area contributed by atoms with Gasteiger partial charge in [-0.25, -0.2) is 17.5 Å². The van der Waals surface area contributed by atoms with Crippen molar-refractivity contribution in [1.82, 2.24) is 9.62 Å². The summed E-state index contributed by atoms with van der Waals surface area (Å²) in [7, 11) is -3.77. The van der Waals surface area contributed by atoms with E-state index in [1.54, 1.807) is 23.1 Å². The Hall–Kier alpha value is -2.01. The van der Waals surface area contributed by atoms with Crippen molar-refractivity contribution in [1.29, 1.82) is 0 Å². The molecule has 3 aliphatic rings. The van der Waals surface area contributed by atoms with Crippen molar-refractivity contribution in [2.75, 3.05) is 55.6 Å². The number of hydrogen-bond donors (Lipinski definition) is 1. The molecule has 0 spiro atoms. The highest BCUT2D eigenvalue weighted by Crippen LogP contribution is 2.41. The van der Waals surface area contributed by atoms with Gasteiger partial charge >= 0.3 is 0 Å². The number of nitrogens with one attached hydrogen (secondary N) is 1. The van der Waals surface area contributed by atoms with Gasteiger partial charge in [-0.3, -0.25) is 9.69 Å². The van der Waals surface area contributed by atoms with Gasteiger partial charge in [-0.15, -0.1) is 0 Å². The van der Waals surface area contributed by atoms with Gasteiger partial charge < -0.3 is 9.80 Å². The number of para-hydroxylation sites is 1. The third kappa shape index (κ3) is 5.40. The lowest BCUT2D eigenvalue weighted by molar-refractivity contribution is -0.119. The first kappa shape index (κ1) is 24.7. The van der Waals surface area contributed by atoms with Crippen molar-refractivity contribution in [3.63, 3.8) is 0 Å². The van der Waals surface area contributed by atoms with Gasteiger partial charge in [0, 0.05) is 49.7 Å². The van der Waals surface area contributed by atoms with E-state index in [-0.39, 0.29) is 22.5 Å². The molecular formula is C25H30BrFN4O3S. The van der Waals surface area contributed by atoms with Crippen LogP contribution in [0.25, 0.3) is 0 Å². The molecule has 0 radical (unpaired) electrons. The van der Waals surface area contributed by atoms with Crippen molar-refractivity contribution >= 4 is 43.2 Å². The maximum atomic E-state index is 14.0. The molecule has 5 rings (SSSR count). The van der Waals surface area contributed by atoms with E-state index >= 15 is 0 Å². The average Bonchev–Trinajstić information content (AvgIpc) is 3.61. The third-order valence-electron chi connectivity index (χ3n) is 6.98. The van der Waals surface area contributed by atoms with E-state index in [0.717, 1.165) is 51.1 Å². The van der Waals surface area contributed by atoms with E-state index in [1.807, 2.05) is 12.1 Å². The van der Waals surface area contributed by atoms with Crippen LogP contribution in [-0.2, 0) is 21.2 Å². The second kappa shape index (κ2) is 10.2. The Labute approximate surface area is 214 Å². The summed E-state index contributed by atoms with van der Waals surface area (Å²) in [6.07, 6.45) is 3.10. The lowest BCUT2D eigenvalue weighted by atomic mass is 10.2. The van der Waals surface area contributed by atoms with Crippen molar-refractivity contribution in [3.8, 4) is 0 Å². The molecule has 2 aromatic carbocycles. The van der Waals surface area contributed by atoms with E-state index in [9.17, 15) is 17.6 Å². The normalized spacial score (nSPS) is 18.7. The van der Waals surface area contributed by atoms with Crippen LogP contribution in [0.3, 0.4) is 0 Å². The third-order valence-corrected chi connectivity index (χ3v) is 8.92. The fourth-order valence-electron chi connectivity index (χ4n) is 4.95. The van der Waals surface area contributed by atoms with Crippen LogP contribution in [0.4, 0.5) is 15.8 Å². The quantitative estimate of drug-likeness (QED) is 0.497. The van der Waals surface area contributed by atoms with E-state index in [0.29, 0.717) is 41.8 Å². The number of fused-ring (bicyclic) bond motifs is 1. The number of anilines is 2. The van der Waals surface area contributed by atoms with Gasteiger partial charge in [0.1, 0.15) is 10.7 Å². The molecule has 0 aromatic heterocycles. The summed E-state index contributed by atoms with van der Waals surface area (Å²) in [5, 5.41) is 0. The number of nitrogens with zero attached hydrogens (tertiary/aromatic N) is 3. The summed E-state index contributed by atoms with van der Waals surface area (Å²) < 4.78 is 44.0. The summed E-state index contributed by atoms with van der Waals surface area (Å²) in [6, 6.07) is 10.3. The molecule has 10 heteroatoms. The number of benzene rings is 2. The summed E-state index contributed by atoms with van der Waals surface area (Å²) >= 11 is 3.44. The summed E-state index contributed by atoms with van der Waals surface area (Å²) in [6.45, 7) is 4.69. The molecule has 1 N–H and O–H groups in total. The number of rotatable bonds is 8. The first-order chi connectivity index (χ1) is 16.8. The van der Waals surface area contributed by atoms with Crippen molar-refractivity contribution < 1.29 is 17.6 Å². The maximum Gasteiger partial charge on any atom is 0.242 e. The number of carbonyl (C=O) groups is 1. The summed E-state index contributed by atoms with van der Waals surface area (Å²) in [5.41, 5.74) is 2.07. The zero-order chi connectivity index (χ0) is 24.6. The van der Waals surface area contributed by atoms with E-state index in [2.05, 4.69) is 30.5 Å². The Kier molecular flexibility index (Phi) is 7.16. The van der Waals surface area contributed by atoms with Crippen LogP contribution in [0.5, 0.6) is 0 Å². The summed E-state index contributed by atoms with van der Waals surface area (Å²) in [5.74, 6) is -0.129. The lowest BCUT2D eigenvalue weighted by Crippen LogP contribution is -2.47. The molecule has 2 aromatic rings. The molecule has 2 heterocycles. The van der Waals surface area contributed by atoms with Gasteiger partial charge in [0.15, 0.2) is 0 Å². The molecule has 1 amide bonds. The van der Waals surface area contributed by atoms with E-state index in [1.165, 1.54) is 6.07 Å². The van der Waals surface area contributed by atoms with Crippen molar-refractivity contribution in [2.45, 2.75) is 30.6 Å². The first-order valence-corrected chi connectivity index (χ1v) is 14.5. The number of hydrogen-bond acceptors (Lipinski definition) is 5. The molecule has 35 heavy (non-hydrogen) atoms. The molecule has 2 fully saturated rings. The Bertz CT molecular complexity index is 1210. The second-order valence-corrected chi connectivity index (χ2v) is 12.1. The summed E-state index contributed by atoms with van der Waals surface area (Å²) in [4.78, 5) is 18.9. The minimum atomic E-state index is -3.77. The number of halogens is 2. The zero-order valence-electron chi connectivity index (χ0n) is 19.6. The number of amides is 1. The van der Waals surface area contributed by atoms with Gasteiger partial charge in [-0.1, -0.05) is 28.1 Å². The smallest absolute Gasteiger partial charge is 0.242 e. The predicted molar refractivity (Wildman–Crippen MR) is 138 cm³/mol. The van der Waals surface area contributed by atoms with Crippen LogP contribution in [0.15, 0.2) is 45.8 Å². The Balaban J connectivity index is 1.16. The molecular weight excluding hydrogens is 535 g/mol. The van der Waals surface area contributed by atoms with Crippen LogP contribution < -0.4 is 14.5 Å². The van der Waals surface area contributed by atoms with Gasteiger partial charge in [0.25, 0.3) is 0 Å². The second-order valence-electron chi connectivity index (χ2n) is 9.46. The highest BCUT2D eigenvalue weighted by atomic mass is 79.9. The van der Waals surface area contributed by atoms with Crippen LogP contribution in [0, 0.1) is 11.7 Å². The molecule has 0 bridgehead atoms. The molecule has 0 atom stereocenters. The van der Waals surface area contributed by atoms with Gasteiger partial charge in [0.05, 0.1) is 11.4 Å². The topological polar surface area (TPSA) is 73.0 Å². The molecule has 188 valence electrons. The van der Waals surface area contributed by atoms with Gasteiger partial charge in [-0.2, -0.15) is 0 Å². The standard InChI is InChI=1S/C25H30BrFN4O3S/c26-20-16-19-8-11-31(25(32)18-6-7-18)24(19)23(17-20)35(33,34)28-9-3-10-29-12-14-30(15-13-29)22-5-2-1-4-21(22)27/h1-2,4-5,16-18,28H,3,6-15H2. The highest BCUT2D eigenvalue weighted by molar-refractivity contribution is 9.10. The molecule has 1 aliphatic carbocycles. The maximum absolute atomic E-state index is 14.0. The van der Waals surface area contributed by atoms with Crippen LogP contribution in [-0.4, -0.2) is 65.0 Å². The fraction of sp³-hybridized carbons (Fsp3) is 0.480. The zero-order valence-corrected chi connectivity index (χ0v) is 22.0. The Morgan fingerprint density at radius 2 is 1.83 bits per heavy atom. The molecule has 0 unspecified atom stereocenters. The number of carbonyl (C=O) groups excluding carboxylic acids is 1. The fourth-order valence-corrected chi connectivity index (χ4v) is 6.96. The van der Waals surface area contributed by atoms with Gasteiger partial charge in [0.2, 0.25) is 15.9 Å². The average molecular weight is 566 g/mol.